The fraction of sp³-hybridized carbons (Fsp3) is 0.357. The van der Waals surface area contributed by atoms with Gasteiger partial charge in [0.15, 0.2) is 0 Å². The first-order chi connectivity index (χ1) is 17.6. The Morgan fingerprint density at radius 1 is 1.00 bits per heavy atom. The van der Waals surface area contributed by atoms with E-state index >= 15 is 0 Å². The Morgan fingerprint density at radius 3 is 2.30 bits per heavy atom. The molecule has 0 radical (unpaired) electrons. The molecule has 0 bridgehead atoms. The van der Waals surface area contributed by atoms with Crippen LogP contribution >= 0.6 is 0 Å². The zero-order valence-corrected chi connectivity index (χ0v) is 20.8. The van der Waals surface area contributed by atoms with Crippen LogP contribution in [-0.2, 0) is 17.4 Å². The molecule has 0 spiro atoms. The zero-order chi connectivity index (χ0) is 26.6. The molecule has 2 aromatic heterocycles. The van der Waals surface area contributed by atoms with Crippen molar-refractivity contribution < 1.29 is 22.8 Å². The molecule has 3 aromatic rings. The summed E-state index contributed by atoms with van der Waals surface area (Å²) >= 11 is 0. The van der Waals surface area contributed by atoms with Gasteiger partial charge in [0.2, 0.25) is 5.91 Å². The van der Waals surface area contributed by atoms with Crippen LogP contribution in [0, 0.1) is 13.8 Å². The SMILES string of the molecule is Cc1ccc(C(=O)Nc2ccc(C3CCN(C(=O)CCc4ccc(C(F)(F)F)cn4)CC3)cc2)c(C)n1. The highest BCUT2D eigenvalue weighted by atomic mass is 19.4. The normalized spacial score (nSPS) is 14.5. The predicted octanol–water partition coefficient (Wildman–Crippen LogP) is 5.70. The quantitative estimate of drug-likeness (QED) is 0.461. The van der Waals surface area contributed by atoms with Gasteiger partial charge in [-0.2, -0.15) is 13.2 Å². The number of alkyl halides is 3. The molecule has 1 aliphatic heterocycles. The first-order valence-corrected chi connectivity index (χ1v) is 12.3. The molecule has 2 amide bonds. The number of amides is 2. The summed E-state index contributed by atoms with van der Waals surface area (Å²) in [4.78, 5) is 35.2. The minimum Gasteiger partial charge on any atom is -0.343 e. The van der Waals surface area contributed by atoms with Crippen molar-refractivity contribution in [1.29, 1.82) is 0 Å². The second-order valence-electron chi connectivity index (χ2n) is 9.35. The number of carbonyl (C=O) groups excluding carboxylic acids is 2. The van der Waals surface area contributed by atoms with E-state index in [1.54, 1.807) is 6.07 Å². The molecule has 6 nitrogen and oxygen atoms in total. The maximum atomic E-state index is 12.7. The largest absolute Gasteiger partial charge is 0.417 e. The van der Waals surface area contributed by atoms with Gasteiger partial charge in [-0.05, 0) is 81.0 Å². The van der Waals surface area contributed by atoms with Crippen LogP contribution in [0.2, 0.25) is 0 Å². The third kappa shape index (κ3) is 6.72. The third-order valence-electron chi connectivity index (χ3n) is 6.70. The molecule has 37 heavy (non-hydrogen) atoms. The summed E-state index contributed by atoms with van der Waals surface area (Å²) in [5, 5.41) is 2.92. The molecule has 1 aromatic carbocycles. The number of halogens is 3. The van der Waals surface area contributed by atoms with Gasteiger partial charge in [0.25, 0.3) is 5.91 Å². The number of nitrogens with one attached hydrogen (secondary N) is 1. The molecule has 1 fully saturated rings. The number of piperidine rings is 1. The lowest BCUT2D eigenvalue weighted by Crippen LogP contribution is -2.38. The van der Waals surface area contributed by atoms with Gasteiger partial charge in [0.05, 0.1) is 16.8 Å². The van der Waals surface area contributed by atoms with E-state index in [0.717, 1.165) is 36.4 Å². The van der Waals surface area contributed by atoms with E-state index in [9.17, 15) is 22.8 Å². The van der Waals surface area contributed by atoms with Crippen LogP contribution in [0.15, 0.2) is 54.7 Å². The second kappa shape index (κ2) is 11.1. The molecule has 1 aliphatic rings. The van der Waals surface area contributed by atoms with Crippen LogP contribution in [0.4, 0.5) is 18.9 Å². The van der Waals surface area contributed by atoms with E-state index in [2.05, 4.69) is 15.3 Å². The molecule has 9 heteroatoms. The van der Waals surface area contributed by atoms with Crippen molar-refractivity contribution in [3.63, 3.8) is 0 Å². The Morgan fingerprint density at radius 2 is 1.70 bits per heavy atom. The molecule has 0 aliphatic carbocycles. The van der Waals surface area contributed by atoms with Crippen molar-refractivity contribution in [3.8, 4) is 0 Å². The molecule has 0 atom stereocenters. The summed E-state index contributed by atoms with van der Waals surface area (Å²) < 4.78 is 38.0. The number of benzene rings is 1. The number of rotatable bonds is 6. The van der Waals surface area contributed by atoms with Crippen LogP contribution in [0.5, 0.6) is 0 Å². The second-order valence-corrected chi connectivity index (χ2v) is 9.35. The van der Waals surface area contributed by atoms with Crippen molar-refractivity contribution in [2.24, 2.45) is 0 Å². The Labute approximate surface area is 213 Å². The average molecular weight is 511 g/mol. The molecule has 0 unspecified atom stereocenters. The van der Waals surface area contributed by atoms with Gasteiger partial charge in [-0.15, -0.1) is 0 Å². The summed E-state index contributed by atoms with van der Waals surface area (Å²) in [6.45, 7) is 4.95. The van der Waals surface area contributed by atoms with Crippen molar-refractivity contribution >= 4 is 17.5 Å². The highest BCUT2D eigenvalue weighted by Gasteiger charge is 2.30. The topological polar surface area (TPSA) is 75.2 Å². The van der Waals surface area contributed by atoms with Gasteiger partial charge in [-0.1, -0.05) is 12.1 Å². The lowest BCUT2D eigenvalue weighted by atomic mass is 9.89. The zero-order valence-electron chi connectivity index (χ0n) is 20.8. The fourth-order valence-corrected chi connectivity index (χ4v) is 4.56. The Hall–Kier alpha value is -3.75. The summed E-state index contributed by atoms with van der Waals surface area (Å²) in [6, 6.07) is 13.7. The Balaban J connectivity index is 1.25. The molecule has 3 heterocycles. The number of aromatic nitrogens is 2. The van der Waals surface area contributed by atoms with Crippen molar-refractivity contribution in [1.82, 2.24) is 14.9 Å². The summed E-state index contributed by atoms with van der Waals surface area (Å²) in [5.74, 6) is 0.101. The van der Waals surface area contributed by atoms with Gasteiger partial charge in [0.1, 0.15) is 0 Å². The maximum Gasteiger partial charge on any atom is 0.417 e. The number of likely N-dealkylation sites (tertiary alicyclic amines) is 1. The van der Waals surface area contributed by atoms with E-state index in [-0.39, 0.29) is 18.2 Å². The lowest BCUT2D eigenvalue weighted by molar-refractivity contribution is -0.138. The minimum absolute atomic E-state index is 0.0147. The maximum absolute atomic E-state index is 12.7. The number of aryl methyl sites for hydroxylation is 3. The number of anilines is 1. The van der Waals surface area contributed by atoms with E-state index in [1.807, 2.05) is 49.1 Å². The van der Waals surface area contributed by atoms with E-state index in [1.165, 1.54) is 6.07 Å². The third-order valence-corrected chi connectivity index (χ3v) is 6.70. The van der Waals surface area contributed by atoms with Gasteiger partial charge in [0, 0.05) is 42.8 Å². The fourth-order valence-electron chi connectivity index (χ4n) is 4.56. The number of pyridine rings is 2. The van der Waals surface area contributed by atoms with Crippen molar-refractivity contribution in [2.75, 3.05) is 18.4 Å². The van der Waals surface area contributed by atoms with Crippen LogP contribution in [-0.4, -0.2) is 39.8 Å². The Bertz CT molecular complexity index is 1250. The van der Waals surface area contributed by atoms with E-state index in [0.29, 0.717) is 48.1 Å². The summed E-state index contributed by atoms with van der Waals surface area (Å²) in [7, 11) is 0. The van der Waals surface area contributed by atoms with Crippen molar-refractivity contribution in [2.45, 2.75) is 51.6 Å². The van der Waals surface area contributed by atoms with Gasteiger partial charge < -0.3 is 10.2 Å². The monoisotopic (exact) mass is 510 g/mol. The smallest absolute Gasteiger partial charge is 0.343 e. The van der Waals surface area contributed by atoms with E-state index in [4.69, 9.17) is 0 Å². The molecule has 4 rings (SSSR count). The minimum atomic E-state index is -4.42. The average Bonchev–Trinajstić information content (AvgIpc) is 2.87. The molecule has 1 saturated heterocycles. The summed E-state index contributed by atoms with van der Waals surface area (Å²) in [5.41, 5.74) is 3.63. The number of carbonyl (C=O) groups is 2. The predicted molar refractivity (Wildman–Crippen MR) is 134 cm³/mol. The van der Waals surface area contributed by atoms with Gasteiger partial charge in [-0.3, -0.25) is 19.6 Å². The molecular formula is C28H29F3N4O2. The van der Waals surface area contributed by atoms with Crippen LogP contribution < -0.4 is 5.32 Å². The van der Waals surface area contributed by atoms with E-state index < -0.39 is 11.7 Å². The van der Waals surface area contributed by atoms with Crippen LogP contribution in [0.3, 0.4) is 0 Å². The standard InChI is InChI=1S/C28H29F3N4O2/c1-18-3-11-25(19(2)33-18)27(37)34-24-7-4-20(5-8-24)21-13-15-35(16-14-21)26(36)12-10-23-9-6-22(17-32-23)28(29,30)31/h3-9,11,17,21H,10,12-16H2,1-2H3,(H,34,37). The molecular weight excluding hydrogens is 481 g/mol. The van der Waals surface area contributed by atoms with Gasteiger partial charge >= 0.3 is 6.18 Å². The highest BCUT2D eigenvalue weighted by Crippen LogP contribution is 2.30. The van der Waals surface area contributed by atoms with Crippen LogP contribution in [0.25, 0.3) is 0 Å². The first kappa shape index (κ1) is 26.3. The number of hydrogen-bond donors (Lipinski definition) is 1. The van der Waals surface area contributed by atoms with Crippen molar-refractivity contribution in [3.05, 3.63) is 88.5 Å². The van der Waals surface area contributed by atoms with Crippen LogP contribution in [0.1, 0.15) is 63.7 Å². The lowest BCUT2D eigenvalue weighted by Gasteiger charge is -2.32. The molecule has 194 valence electrons. The Kier molecular flexibility index (Phi) is 7.90. The molecule has 1 N–H and O–H groups in total. The first-order valence-electron chi connectivity index (χ1n) is 12.3. The highest BCUT2D eigenvalue weighted by molar-refractivity contribution is 6.05. The summed E-state index contributed by atoms with van der Waals surface area (Å²) in [6.07, 6.45) is -1.44. The number of hydrogen-bond acceptors (Lipinski definition) is 4. The van der Waals surface area contributed by atoms with Gasteiger partial charge in [-0.25, -0.2) is 0 Å². The molecule has 0 saturated carbocycles. The number of nitrogens with zero attached hydrogens (tertiary/aromatic N) is 3.